The Morgan fingerprint density at radius 2 is 1.45 bits per heavy atom. The number of nitrogens with one attached hydrogen (secondary N) is 1. The first-order valence-corrected chi connectivity index (χ1v) is 8.29. The third-order valence-electron chi connectivity index (χ3n) is 4.36. The number of carbonyl (C=O) groups excluding carboxylic acids is 2. The largest absolute Gasteiger partial charge is 0.352 e. The van der Waals surface area contributed by atoms with Gasteiger partial charge in [-0.25, -0.2) is 0 Å². The lowest BCUT2D eigenvalue weighted by Crippen LogP contribution is -2.24. The van der Waals surface area contributed by atoms with Crippen LogP contribution in [-0.2, 0) is 0 Å². The van der Waals surface area contributed by atoms with Crippen LogP contribution in [0.4, 0.5) is 17.1 Å². The Labute approximate surface area is 161 Å². The number of benzene rings is 2. The van der Waals surface area contributed by atoms with Gasteiger partial charge in [0.05, 0.1) is 32.0 Å². The Morgan fingerprint density at radius 1 is 0.897 bits per heavy atom. The van der Waals surface area contributed by atoms with E-state index in [2.05, 4.69) is 5.32 Å². The van der Waals surface area contributed by atoms with E-state index in [9.17, 15) is 39.9 Å². The summed E-state index contributed by atoms with van der Waals surface area (Å²) in [6.45, 7) is 2.10. The zero-order valence-corrected chi connectivity index (χ0v) is 14.8. The molecular formula is C17H12N4O8. The van der Waals surface area contributed by atoms with E-state index in [0.717, 1.165) is 18.2 Å². The fourth-order valence-electron chi connectivity index (χ4n) is 3.13. The van der Waals surface area contributed by atoms with Gasteiger partial charge in [-0.1, -0.05) is 6.92 Å². The van der Waals surface area contributed by atoms with Crippen LogP contribution in [0.25, 0.3) is 11.1 Å². The Kier molecular flexibility index (Phi) is 4.76. The molecular weight excluding hydrogens is 388 g/mol. The fraction of sp³-hybridized carbons (Fsp3) is 0.176. The van der Waals surface area contributed by atoms with E-state index in [1.807, 2.05) is 0 Å². The number of nitro benzene ring substituents is 3. The lowest BCUT2D eigenvalue weighted by Gasteiger charge is -2.07. The third-order valence-corrected chi connectivity index (χ3v) is 4.36. The van der Waals surface area contributed by atoms with Crippen LogP contribution in [0.1, 0.15) is 39.6 Å². The van der Waals surface area contributed by atoms with Crippen LogP contribution in [-0.4, -0.2) is 33.0 Å². The smallest absolute Gasteiger partial charge is 0.285 e. The van der Waals surface area contributed by atoms with Crippen LogP contribution in [0.15, 0.2) is 24.3 Å². The van der Waals surface area contributed by atoms with E-state index in [1.54, 1.807) is 6.92 Å². The van der Waals surface area contributed by atoms with Crippen molar-refractivity contribution in [2.75, 3.05) is 6.54 Å². The molecule has 1 N–H and O–H groups in total. The molecule has 0 unspecified atom stereocenters. The summed E-state index contributed by atoms with van der Waals surface area (Å²) < 4.78 is 0. The highest BCUT2D eigenvalue weighted by Gasteiger charge is 2.41. The number of rotatable bonds is 6. The maximum Gasteiger partial charge on any atom is 0.285 e. The van der Waals surface area contributed by atoms with E-state index in [1.165, 1.54) is 0 Å². The monoisotopic (exact) mass is 400 g/mol. The minimum Gasteiger partial charge on any atom is -0.352 e. The highest BCUT2D eigenvalue weighted by Crippen LogP contribution is 2.48. The second kappa shape index (κ2) is 7.07. The molecule has 0 aliphatic heterocycles. The molecule has 0 fully saturated rings. The van der Waals surface area contributed by atoms with Crippen molar-refractivity contribution in [3.63, 3.8) is 0 Å². The molecule has 3 rings (SSSR count). The van der Waals surface area contributed by atoms with Gasteiger partial charge in [-0.15, -0.1) is 0 Å². The Balaban J connectivity index is 2.33. The molecule has 1 aliphatic rings. The van der Waals surface area contributed by atoms with E-state index in [4.69, 9.17) is 0 Å². The molecule has 1 aliphatic carbocycles. The Bertz CT molecular complexity index is 1120. The first kappa shape index (κ1) is 19.5. The normalized spacial score (nSPS) is 11.6. The number of hydrogen-bond donors (Lipinski definition) is 1. The van der Waals surface area contributed by atoms with Crippen molar-refractivity contribution in [1.82, 2.24) is 5.32 Å². The van der Waals surface area contributed by atoms with Gasteiger partial charge in [-0.05, 0) is 12.5 Å². The van der Waals surface area contributed by atoms with Gasteiger partial charge in [0.25, 0.3) is 23.0 Å². The van der Waals surface area contributed by atoms with Crippen LogP contribution >= 0.6 is 0 Å². The summed E-state index contributed by atoms with van der Waals surface area (Å²) in [6.07, 6.45) is 0.610. The van der Waals surface area contributed by atoms with Gasteiger partial charge in [-0.2, -0.15) is 0 Å². The van der Waals surface area contributed by atoms with E-state index < -0.39 is 49.1 Å². The van der Waals surface area contributed by atoms with Crippen LogP contribution < -0.4 is 5.32 Å². The van der Waals surface area contributed by atoms with Crippen molar-refractivity contribution >= 4 is 28.8 Å². The molecule has 12 heteroatoms. The summed E-state index contributed by atoms with van der Waals surface area (Å²) in [4.78, 5) is 56.5. The van der Waals surface area contributed by atoms with Crippen LogP contribution in [0.2, 0.25) is 0 Å². The number of ketones is 1. The lowest BCUT2D eigenvalue weighted by atomic mass is 9.99. The number of amides is 1. The van der Waals surface area contributed by atoms with Crippen LogP contribution in [0.5, 0.6) is 0 Å². The predicted molar refractivity (Wildman–Crippen MR) is 97.9 cm³/mol. The maximum atomic E-state index is 12.8. The number of hydrogen-bond acceptors (Lipinski definition) is 8. The molecule has 0 aromatic heterocycles. The number of nitro groups is 3. The van der Waals surface area contributed by atoms with Crippen molar-refractivity contribution in [1.29, 1.82) is 0 Å². The molecule has 29 heavy (non-hydrogen) atoms. The third kappa shape index (κ3) is 3.16. The zero-order chi connectivity index (χ0) is 21.5. The minimum atomic E-state index is -0.945. The molecule has 2 aromatic rings. The Hall–Kier alpha value is -4.22. The Morgan fingerprint density at radius 3 is 1.97 bits per heavy atom. The predicted octanol–water partition coefficient (Wildman–Crippen LogP) is 2.76. The second-order valence-electron chi connectivity index (χ2n) is 6.16. The quantitative estimate of drug-likeness (QED) is 0.485. The van der Waals surface area contributed by atoms with E-state index in [-0.39, 0.29) is 22.3 Å². The molecule has 0 saturated carbocycles. The van der Waals surface area contributed by atoms with Crippen molar-refractivity contribution in [3.05, 3.63) is 71.3 Å². The molecule has 0 atom stereocenters. The number of non-ortho nitro benzene ring substituents is 1. The minimum absolute atomic E-state index is 0.165. The molecule has 2 aromatic carbocycles. The molecule has 0 saturated heterocycles. The van der Waals surface area contributed by atoms with Crippen LogP contribution in [0, 0.1) is 30.3 Å². The van der Waals surface area contributed by atoms with Gasteiger partial charge in [0.1, 0.15) is 0 Å². The van der Waals surface area contributed by atoms with Gasteiger partial charge < -0.3 is 5.32 Å². The van der Waals surface area contributed by atoms with E-state index in [0.29, 0.717) is 19.0 Å². The van der Waals surface area contributed by atoms with Crippen molar-refractivity contribution in [2.45, 2.75) is 13.3 Å². The summed E-state index contributed by atoms with van der Waals surface area (Å²) >= 11 is 0. The standard InChI is InChI=1S/C17H12N4O8/c1-2-3-18-17(23)8-4-10-14(12(5-8)20(26)27)15-11(16(10)22)6-9(19(24)25)7-13(15)21(28)29/h4-7H,2-3H2,1H3,(H,18,23). The summed E-state index contributed by atoms with van der Waals surface area (Å²) in [5.74, 6) is -1.52. The van der Waals surface area contributed by atoms with Gasteiger partial charge in [-0.3, -0.25) is 39.9 Å². The number of carbonyl (C=O) groups is 2. The first-order valence-electron chi connectivity index (χ1n) is 8.29. The summed E-state index contributed by atoms with van der Waals surface area (Å²) in [7, 11) is 0. The highest BCUT2D eigenvalue weighted by atomic mass is 16.6. The fourth-order valence-corrected chi connectivity index (χ4v) is 3.13. The van der Waals surface area contributed by atoms with Crippen molar-refractivity contribution in [2.24, 2.45) is 0 Å². The zero-order valence-electron chi connectivity index (χ0n) is 14.8. The second-order valence-corrected chi connectivity index (χ2v) is 6.16. The molecule has 12 nitrogen and oxygen atoms in total. The molecule has 0 heterocycles. The number of nitrogens with zero attached hydrogens (tertiary/aromatic N) is 3. The van der Waals surface area contributed by atoms with Crippen molar-refractivity contribution in [3.8, 4) is 11.1 Å². The van der Waals surface area contributed by atoms with Gasteiger partial charge in [0.2, 0.25) is 0 Å². The lowest BCUT2D eigenvalue weighted by molar-refractivity contribution is -0.394. The molecule has 0 spiro atoms. The first-order chi connectivity index (χ1) is 13.7. The topological polar surface area (TPSA) is 176 Å². The average Bonchev–Trinajstić information content (AvgIpc) is 2.96. The molecule has 0 radical (unpaired) electrons. The molecule has 0 bridgehead atoms. The van der Waals surface area contributed by atoms with Crippen molar-refractivity contribution < 1.29 is 24.4 Å². The van der Waals surface area contributed by atoms with E-state index >= 15 is 0 Å². The maximum absolute atomic E-state index is 12.8. The summed E-state index contributed by atoms with van der Waals surface area (Å²) in [6, 6.07) is 3.51. The van der Waals surface area contributed by atoms with Gasteiger partial charge in [0.15, 0.2) is 5.78 Å². The summed E-state index contributed by atoms with van der Waals surface area (Å²) in [5, 5.41) is 36.7. The van der Waals surface area contributed by atoms with Gasteiger partial charge >= 0.3 is 0 Å². The number of fused-ring (bicyclic) bond motifs is 3. The molecule has 148 valence electrons. The summed E-state index contributed by atoms with van der Waals surface area (Å²) in [5.41, 5.74) is -3.71. The average molecular weight is 400 g/mol. The van der Waals surface area contributed by atoms with Gasteiger partial charge in [0, 0.05) is 35.4 Å². The SMILES string of the molecule is CCCNC(=O)c1cc2c(c([N+](=O)[O-])c1)-c1c(cc([N+](=O)[O-])cc1[N+](=O)[O-])C2=O. The molecule has 1 amide bonds. The van der Waals surface area contributed by atoms with Crippen LogP contribution in [0.3, 0.4) is 0 Å². The highest BCUT2D eigenvalue weighted by molar-refractivity contribution is 6.25.